The summed E-state index contributed by atoms with van der Waals surface area (Å²) >= 11 is 1.67. The van der Waals surface area contributed by atoms with Crippen molar-refractivity contribution in [2.45, 2.75) is 27.2 Å². The molecule has 0 fully saturated rings. The minimum absolute atomic E-state index is 0.369. The predicted molar refractivity (Wildman–Crippen MR) is 45.3 cm³/mol. The Kier molecular flexibility index (Phi) is 2.09. The van der Waals surface area contributed by atoms with Crippen LogP contribution in [0.5, 0.6) is 0 Å². The van der Waals surface area contributed by atoms with Crippen molar-refractivity contribution in [3.8, 4) is 0 Å². The Morgan fingerprint density at radius 3 is 2.60 bits per heavy atom. The molecule has 0 saturated carbocycles. The van der Waals surface area contributed by atoms with Crippen LogP contribution in [0, 0.1) is 5.41 Å². The van der Waals surface area contributed by atoms with Crippen molar-refractivity contribution in [2.24, 2.45) is 5.41 Å². The molecule has 1 heterocycles. The minimum atomic E-state index is 0.369. The second-order valence-corrected chi connectivity index (χ2v) is 4.44. The van der Waals surface area contributed by atoms with E-state index in [-0.39, 0.29) is 0 Å². The minimum Gasteiger partial charge on any atom is -0.250 e. The zero-order valence-corrected chi connectivity index (χ0v) is 7.53. The van der Waals surface area contributed by atoms with Crippen molar-refractivity contribution < 1.29 is 0 Å². The third-order valence-electron chi connectivity index (χ3n) is 1.19. The molecule has 1 aromatic rings. The molecule has 1 rings (SSSR count). The van der Waals surface area contributed by atoms with Crippen LogP contribution in [0.25, 0.3) is 0 Å². The normalized spacial score (nSPS) is 11.9. The number of hydrogen-bond donors (Lipinski definition) is 0. The molecule has 0 radical (unpaired) electrons. The molecule has 0 saturated heterocycles. The molecule has 0 aliphatic heterocycles. The van der Waals surface area contributed by atoms with Gasteiger partial charge in [0.25, 0.3) is 0 Å². The van der Waals surface area contributed by atoms with E-state index in [1.807, 2.05) is 5.51 Å². The van der Waals surface area contributed by atoms with E-state index in [0.29, 0.717) is 5.41 Å². The van der Waals surface area contributed by atoms with Crippen LogP contribution in [0.4, 0.5) is 0 Å². The molecule has 0 aromatic carbocycles. The average molecular weight is 155 g/mol. The van der Waals surface area contributed by atoms with Gasteiger partial charge in [-0.25, -0.2) is 4.98 Å². The number of rotatable bonds is 1. The van der Waals surface area contributed by atoms with Gasteiger partial charge in [0.05, 0.1) is 11.2 Å². The summed E-state index contributed by atoms with van der Waals surface area (Å²) in [6, 6.07) is 0. The van der Waals surface area contributed by atoms with Gasteiger partial charge in [0.1, 0.15) is 0 Å². The van der Waals surface area contributed by atoms with E-state index in [4.69, 9.17) is 0 Å². The lowest BCUT2D eigenvalue weighted by atomic mass is 9.91. The summed E-state index contributed by atoms with van der Waals surface area (Å²) in [5.41, 5.74) is 3.48. The molecular weight excluding hydrogens is 142 g/mol. The van der Waals surface area contributed by atoms with Gasteiger partial charge in [-0.3, -0.25) is 0 Å². The van der Waals surface area contributed by atoms with Gasteiger partial charge in [-0.05, 0) is 11.8 Å². The van der Waals surface area contributed by atoms with Crippen LogP contribution in [0.1, 0.15) is 26.5 Å². The molecule has 0 amide bonds. The number of hydrogen-bond acceptors (Lipinski definition) is 2. The van der Waals surface area contributed by atoms with Crippen molar-refractivity contribution in [3.05, 3.63) is 16.6 Å². The van der Waals surface area contributed by atoms with Crippen molar-refractivity contribution in [1.82, 2.24) is 4.98 Å². The van der Waals surface area contributed by atoms with Gasteiger partial charge in [-0.2, -0.15) is 0 Å². The highest BCUT2D eigenvalue weighted by Crippen LogP contribution is 2.19. The first-order valence-corrected chi connectivity index (χ1v) is 4.39. The van der Waals surface area contributed by atoms with Crippen LogP contribution in [-0.2, 0) is 6.42 Å². The predicted octanol–water partition coefficient (Wildman–Crippen LogP) is 2.73. The van der Waals surface area contributed by atoms with Gasteiger partial charge in [-0.1, -0.05) is 20.8 Å². The molecule has 0 spiro atoms. The van der Waals surface area contributed by atoms with Crippen LogP contribution >= 0.6 is 11.3 Å². The Hall–Kier alpha value is -0.370. The monoisotopic (exact) mass is 155 g/mol. The molecule has 0 aliphatic carbocycles. The van der Waals surface area contributed by atoms with E-state index in [1.165, 1.54) is 5.69 Å². The lowest BCUT2D eigenvalue weighted by molar-refractivity contribution is 0.407. The van der Waals surface area contributed by atoms with Crippen LogP contribution < -0.4 is 0 Å². The Bertz CT molecular complexity index is 184. The fraction of sp³-hybridized carbons (Fsp3) is 0.625. The zero-order valence-electron chi connectivity index (χ0n) is 6.72. The quantitative estimate of drug-likeness (QED) is 0.607. The van der Waals surface area contributed by atoms with Crippen LogP contribution in [0.3, 0.4) is 0 Å². The zero-order chi connectivity index (χ0) is 7.61. The Morgan fingerprint density at radius 2 is 2.20 bits per heavy atom. The molecule has 1 aromatic heterocycles. The summed E-state index contributed by atoms with van der Waals surface area (Å²) < 4.78 is 0. The lowest BCUT2D eigenvalue weighted by Crippen LogP contribution is -2.08. The maximum atomic E-state index is 4.22. The topological polar surface area (TPSA) is 12.9 Å². The Labute approximate surface area is 66.1 Å². The summed E-state index contributed by atoms with van der Waals surface area (Å²) in [7, 11) is 0. The van der Waals surface area contributed by atoms with E-state index in [0.717, 1.165) is 6.42 Å². The fourth-order valence-electron chi connectivity index (χ4n) is 0.868. The summed E-state index contributed by atoms with van der Waals surface area (Å²) in [6.45, 7) is 6.69. The number of nitrogens with zero attached hydrogens (tertiary/aromatic N) is 1. The lowest BCUT2D eigenvalue weighted by Gasteiger charge is -2.15. The first kappa shape index (κ1) is 7.73. The molecule has 1 nitrogen and oxygen atoms in total. The Balaban J connectivity index is 2.57. The molecule has 0 N–H and O–H groups in total. The second-order valence-electron chi connectivity index (χ2n) is 3.72. The molecule has 0 bridgehead atoms. The fourth-order valence-corrected chi connectivity index (χ4v) is 1.43. The van der Waals surface area contributed by atoms with E-state index in [2.05, 4.69) is 31.1 Å². The Morgan fingerprint density at radius 1 is 1.50 bits per heavy atom. The van der Waals surface area contributed by atoms with E-state index < -0.39 is 0 Å². The van der Waals surface area contributed by atoms with Crippen LogP contribution in [-0.4, -0.2) is 4.98 Å². The molecule has 56 valence electrons. The number of thiazole rings is 1. The van der Waals surface area contributed by atoms with Crippen molar-refractivity contribution in [3.63, 3.8) is 0 Å². The maximum Gasteiger partial charge on any atom is 0.0794 e. The van der Waals surface area contributed by atoms with E-state index in [1.54, 1.807) is 11.3 Å². The van der Waals surface area contributed by atoms with Crippen LogP contribution in [0.2, 0.25) is 0 Å². The molecule has 10 heavy (non-hydrogen) atoms. The molecule has 0 aliphatic rings. The summed E-state index contributed by atoms with van der Waals surface area (Å²) in [5.74, 6) is 0. The first-order chi connectivity index (χ1) is 4.58. The SMILES string of the molecule is CC(C)(C)Cc1cscn1. The van der Waals surface area contributed by atoms with Gasteiger partial charge >= 0.3 is 0 Å². The highest BCUT2D eigenvalue weighted by Gasteiger charge is 2.11. The van der Waals surface area contributed by atoms with E-state index >= 15 is 0 Å². The molecular formula is C8H13NS. The van der Waals surface area contributed by atoms with Gasteiger partial charge < -0.3 is 0 Å². The van der Waals surface area contributed by atoms with Gasteiger partial charge in [0, 0.05) is 5.38 Å². The highest BCUT2D eigenvalue weighted by molar-refractivity contribution is 7.07. The number of aromatic nitrogens is 1. The average Bonchev–Trinajstić information content (AvgIpc) is 2.12. The van der Waals surface area contributed by atoms with Crippen LogP contribution in [0.15, 0.2) is 10.9 Å². The van der Waals surface area contributed by atoms with E-state index in [9.17, 15) is 0 Å². The van der Waals surface area contributed by atoms with Crippen molar-refractivity contribution in [1.29, 1.82) is 0 Å². The summed E-state index contributed by atoms with van der Waals surface area (Å²) in [5, 5.41) is 2.12. The first-order valence-electron chi connectivity index (χ1n) is 3.45. The standard InChI is InChI=1S/C8H13NS/c1-8(2,3)4-7-5-10-6-9-7/h5-6H,4H2,1-3H3. The maximum absolute atomic E-state index is 4.22. The van der Waals surface area contributed by atoms with Gasteiger partial charge in [0.15, 0.2) is 0 Å². The van der Waals surface area contributed by atoms with Crippen molar-refractivity contribution >= 4 is 11.3 Å². The molecule has 0 atom stereocenters. The summed E-state index contributed by atoms with van der Waals surface area (Å²) in [6.07, 6.45) is 1.08. The summed E-state index contributed by atoms with van der Waals surface area (Å²) in [4.78, 5) is 4.22. The van der Waals surface area contributed by atoms with Gasteiger partial charge in [-0.15, -0.1) is 11.3 Å². The van der Waals surface area contributed by atoms with Crippen molar-refractivity contribution in [2.75, 3.05) is 0 Å². The largest absolute Gasteiger partial charge is 0.250 e. The third kappa shape index (κ3) is 2.48. The highest BCUT2D eigenvalue weighted by atomic mass is 32.1. The third-order valence-corrected chi connectivity index (χ3v) is 1.83. The second kappa shape index (κ2) is 2.70. The molecule has 0 unspecified atom stereocenters. The van der Waals surface area contributed by atoms with Gasteiger partial charge in [0.2, 0.25) is 0 Å². The smallest absolute Gasteiger partial charge is 0.0794 e. The molecule has 2 heteroatoms.